The van der Waals surface area contributed by atoms with E-state index < -0.39 is 0 Å². The van der Waals surface area contributed by atoms with Gasteiger partial charge in [-0.2, -0.15) is 0 Å². The molecule has 0 aliphatic heterocycles. The average molecular weight is 256 g/mol. The number of rotatable bonds is 3. The first-order chi connectivity index (χ1) is 9.11. The molecule has 98 valence electrons. The molecular formula is C15H16N2O2. The van der Waals surface area contributed by atoms with Gasteiger partial charge in [-0.1, -0.05) is 18.2 Å². The minimum Gasteiger partial charge on any atom is -0.496 e. The summed E-state index contributed by atoms with van der Waals surface area (Å²) in [5, 5.41) is 2.80. The van der Waals surface area contributed by atoms with E-state index in [4.69, 9.17) is 10.5 Å². The Kier molecular flexibility index (Phi) is 3.71. The SMILES string of the molecule is COc1ccccc1C(=O)Nc1ccc(C)c(N)c1. The third-order valence-corrected chi connectivity index (χ3v) is 2.89. The van der Waals surface area contributed by atoms with Gasteiger partial charge in [0.2, 0.25) is 0 Å². The van der Waals surface area contributed by atoms with E-state index in [1.165, 1.54) is 7.11 Å². The first-order valence-corrected chi connectivity index (χ1v) is 5.92. The minimum absolute atomic E-state index is 0.222. The lowest BCUT2D eigenvalue weighted by molar-refractivity contribution is 0.102. The molecule has 0 bridgehead atoms. The Bertz CT molecular complexity index is 609. The minimum atomic E-state index is -0.222. The lowest BCUT2D eigenvalue weighted by Gasteiger charge is -2.10. The van der Waals surface area contributed by atoms with Gasteiger partial charge in [-0.25, -0.2) is 0 Å². The van der Waals surface area contributed by atoms with Crippen molar-refractivity contribution in [3.63, 3.8) is 0 Å². The molecule has 2 aromatic rings. The molecular weight excluding hydrogens is 240 g/mol. The zero-order chi connectivity index (χ0) is 13.8. The molecule has 0 atom stereocenters. The Labute approximate surface area is 112 Å². The van der Waals surface area contributed by atoms with E-state index in [0.717, 1.165) is 5.56 Å². The largest absolute Gasteiger partial charge is 0.496 e. The summed E-state index contributed by atoms with van der Waals surface area (Å²) in [5.74, 6) is 0.320. The maximum atomic E-state index is 12.2. The van der Waals surface area contributed by atoms with Crippen LogP contribution in [0.5, 0.6) is 5.75 Å². The molecule has 2 rings (SSSR count). The van der Waals surface area contributed by atoms with Crippen LogP contribution in [-0.2, 0) is 0 Å². The molecule has 0 aliphatic carbocycles. The number of hydrogen-bond acceptors (Lipinski definition) is 3. The number of amides is 1. The highest BCUT2D eigenvalue weighted by Crippen LogP contribution is 2.21. The van der Waals surface area contributed by atoms with Crippen molar-refractivity contribution < 1.29 is 9.53 Å². The molecule has 0 heterocycles. The number of nitrogens with one attached hydrogen (secondary N) is 1. The summed E-state index contributed by atoms with van der Waals surface area (Å²) in [6.07, 6.45) is 0. The fourth-order valence-corrected chi connectivity index (χ4v) is 1.75. The molecule has 4 heteroatoms. The number of anilines is 2. The molecule has 4 nitrogen and oxygen atoms in total. The Morgan fingerprint density at radius 1 is 1.21 bits per heavy atom. The van der Waals surface area contributed by atoms with Gasteiger partial charge >= 0.3 is 0 Å². The molecule has 0 unspecified atom stereocenters. The number of hydrogen-bond donors (Lipinski definition) is 2. The lowest BCUT2D eigenvalue weighted by atomic mass is 10.1. The Morgan fingerprint density at radius 3 is 2.63 bits per heavy atom. The van der Waals surface area contributed by atoms with Gasteiger partial charge in [0.25, 0.3) is 5.91 Å². The average Bonchev–Trinajstić information content (AvgIpc) is 2.43. The second-order valence-corrected chi connectivity index (χ2v) is 4.23. The quantitative estimate of drug-likeness (QED) is 0.830. The van der Waals surface area contributed by atoms with E-state index in [1.54, 1.807) is 24.3 Å². The highest BCUT2D eigenvalue weighted by atomic mass is 16.5. The van der Waals surface area contributed by atoms with Crippen molar-refractivity contribution in [2.45, 2.75) is 6.92 Å². The Morgan fingerprint density at radius 2 is 1.95 bits per heavy atom. The smallest absolute Gasteiger partial charge is 0.259 e. The number of carbonyl (C=O) groups is 1. The summed E-state index contributed by atoms with van der Waals surface area (Å²) in [5.41, 5.74) is 8.60. The summed E-state index contributed by atoms with van der Waals surface area (Å²) in [6.45, 7) is 1.92. The van der Waals surface area contributed by atoms with Gasteiger partial charge in [-0.05, 0) is 36.8 Å². The number of benzene rings is 2. The van der Waals surface area contributed by atoms with Crippen molar-refractivity contribution in [1.29, 1.82) is 0 Å². The number of methoxy groups -OCH3 is 1. The summed E-state index contributed by atoms with van der Waals surface area (Å²) in [4.78, 5) is 12.2. The van der Waals surface area contributed by atoms with Crippen LogP contribution in [0.15, 0.2) is 42.5 Å². The maximum Gasteiger partial charge on any atom is 0.259 e. The molecule has 0 fully saturated rings. The normalized spacial score (nSPS) is 10.0. The third-order valence-electron chi connectivity index (χ3n) is 2.89. The fraction of sp³-hybridized carbons (Fsp3) is 0.133. The highest BCUT2D eigenvalue weighted by Gasteiger charge is 2.11. The first-order valence-electron chi connectivity index (χ1n) is 5.92. The van der Waals surface area contributed by atoms with Crippen LogP contribution >= 0.6 is 0 Å². The van der Waals surface area contributed by atoms with Crippen LogP contribution in [0.4, 0.5) is 11.4 Å². The van der Waals surface area contributed by atoms with Crippen LogP contribution in [0.3, 0.4) is 0 Å². The van der Waals surface area contributed by atoms with E-state index in [1.807, 2.05) is 25.1 Å². The van der Waals surface area contributed by atoms with E-state index >= 15 is 0 Å². The predicted octanol–water partition coefficient (Wildman–Crippen LogP) is 2.84. The van der Waals surface area contributed by atoms with Crippen molar-refractivity contribution in [1.82, 2.24) is 0 Å². The van der Waals surface area contributed by atoms with Gasteiger partial charge < -0.3 is 15.8 Å². The monoisotopic (exact) mass is 256 g/mol. The van der Waals surface area contributed by atoms with E-state index in [-0.39, 0.29) is 5.91 Å². The predicted molar refractivity (Wildman–Crippen MR) is 76.5 cm³/mol. The van der Waals surface area contributed by atoms with Crippen LogP contribution < -0.4 is 15.8 Å². The van der Waals surface area contributed by atoms with Crippen molar-refractivity contribution in [2.24, 2.45) is 0 Å². The number of nitrogen functional groups attached to an aromatic ring is 1. The number of nitrogens with two attached hydrogens (primary N) is 1. The van der Waals surface area contributed by atoms with E-state index in [9.17, 15) is 4.79 Å². The Balaban J connectivity index is 2.23. The summed E-state index contributed by atoms with van der Waals surface area (Å²) in [7, 11) is 1.54. The Hall–Kier alpha value is -2.49. The molecule has 0 aromatic heterocycles. The van der Waals surface area contributed by atoms with Crippen LogP contribution in [-0.4, -0.2) is 13.0 Å². The van der Waals surface area contributed by atoms with Crippen molar-refractivity contribution in [2.75, 3.05) is 18.2 Å². The third kappa shape index (κ3) is 2.85. The number of para-hydroxylation sites is 1. The number of carbonyl (C=O) groups excluding carboxylic acids is 1. The summed E-state index contributed by atoms with van der Waals surface area (Å²) in [6, 6.07) is 12.5. The zero-order valence-corrected chi connectivity index (χ0v) is 10.9. The van der Waals surface area contributed by atoms with Crippen LogP contribution in [0.1, 0.15) is 15.9 Å². The molecule has 2 aromatic carbocycles. The van der Waals surface area contributed by atoms with Gasteiger partial charge in [0.15, 0.2) is 0 Å². The molecule has 3 N–H and O–H groups in total. The van der Waals surface area contributed by atoms with E-state index in [2.05, 4.69) is 5.32 Å². The van der Waals surface area contributed by atoms with Gasteiger partial charge in [0, 0.05) is 11.4 Å². The van der Waals surface area contributed by atoms with Gasteiger partial charge in [-0.3, -0.25) is 4.79 Å². The number of aryl methyl sites for hydroxylation is 1. The molecule has 0 saturated heterocycles. The van der Waals surface area contributed by atoms with E-state index in [0.29, 0.717) is 22.7 Å². The van der Waals surface area contributed by atoms with Crippen LogP contribution in [0, 0.1) is 6.92 Å². The molecule has 0 radical (unpaired) electrons. The maximum absolute atomic E-state index is 12.2. The van der Waals surface area contributed by atoms with Gasteiger partial charge in [0.05, 0.1) is 12.7 Å². The topological polar surface area (TPSA) is 64.3 Å². The molecule has 1 amide bonds. The van der Waals surface area contributed by atoms with Crippen molar-refractivity contribution in [3.8, 4) is 5.75 Å². The molecule has 0 spiro atoms. The fourth-order valence-electron chi connectivity index (χ4n) is 1.75. The van der Waals surface area contributed by atoms with Gasteiger partial charge in [0.1, 0.15) is 5.75 Å². The van der Waals surface area contributed by atoms with Crippen molar-refractivity contribution in [3.05, 3.63) is 53.6 Å². The molecule has 0 aliphatic rings. The molecule has 0 saturated carbocycles. The summed E-state index contributed by atoms with van der Waals surface area (Å²) >= 11 is 0. The highest BCUT2D eigenvalue weighted by molar-refractivity contribution is 6.06. The van der Waals surface area contributed by atoms with Crippen LogP contribution in [0.25, 0.3) is 0 Å². The van der Waals surface area contributed by atoms with Gasteiger partial charge in [-0.15, -0.1) is 0 Å². The standard InChI is InChI=1S/C15H16N2O2/c1-10-7-8-11(9-13(10)16)17-15(18)12-5-3-4-6-14(12)19-2/h3-9H,16H2,1-2H3,(H,17,18). The first kappa shape index (κ1) is 13.0. The summed E-state index contributed by atoms with van der Waals surface area (Å²) < 4.78 is 5.16. The second-order valence-electron chi connectivity index (χ2n) is 4.23. The molecule has 19 heavy (non-hydrogen) atoms. The van der Waals surface area contributed by atoms with Crippen LogP contribution in [0.2, 0.25) is 0 Å². The number of ether oxygens (including phenoxy) is 1. The van der Waals surface area contributed by atoms with Crippen molar-refractivity contribution >= 4 is 17.3 Å². The second kappa shape index (κ2) is 5.44. The lowest BCUT2D eigenvalue weighted by Crippen LogP contribution is -2.13. The zero-order valence-electron chi connectivity index (χ0n) is 10.9.